The summed E-state index contributed by atoms with van der Waals surface area (Å²) in [6, 6.07) is 8.65. The maximum absolute atomic E-state index is 11.7. The lowest BCUT2D eigenvalue weighted by Crippen LogP contribution is -2.35. The molecule has 0 aliphatic rings. The Bertz CT molecular complexity index is 412. The summed E-state index contributed by atoms with van der Waals surface area (Å²) in [5, 5.41) is 3.50. The first-order chi connectivity index (χ1) is 10.0. The van der Waals surface area contributed by atoms with E-state index < -0.39 is 0 Å². The van der Waals surface area contributed by atoms with E-state index >= 15 is 0 Å². The van der Waals surface area contributed by atoms with Crippen molar-refractivity contribution < 1.29 is 9.53 Å². The van der Waals surface area contributed by atoms with Gasteiger partial charge in [0.05, 0.1) is 13.0 Å². The number of carbonyl (C=O) groups is 1. The predicted octanol–water partition coefficient (Wildman–Crippen LogP) is 3.50. The Morgan fingerprint density at radius 3 is 2.48 bits per heavy atom. The highest BCUT2D eigenvalue weighted by Crippen LogP contribution is 2.09. The van der Waals surface area contributed by atoms with E-state index in [-0.39, 0.29) is 12.0 Å². The molecule has 0 aliphatic heterocycles. The van der Waals surface area contributed by atoms with Crippen molar-refractivity contribution in [3.05, 3.63) is 35.4 Å². The van der Waals surface area contributed by atoms with Gasteiger partial charge in [-0.1, -0.05) is 43.7 Å². The van der Waals surface area contributed by atoms with Crippen molar-refractivity contribution in [2.24, 2.45) is 5.92 Å². The molecule has 21 heavy (non-hydrogen) atoms. The SMILES string of the molecule is CCOC(=O)CC(Cc1ccc(C)cc1)NCCC(C)C. The first-order valence-electron chi connectivity index (χ1n) is 7.95. The zero-order valence-electron chi connectivity index (χ0n) is 13.8. The molecule has 3 heteroatoms. The summed E-state index contributed by atoms with van der Waals surface area (Å²) in [7, 11) is 0. The number of hydrogen-bond donors (Lipinski definition) is 1. The molecule has 0 saturated heterocycles. The van der Waals surface area contributed by atoms with Crippen LogP contribution in [0.2, 0.25) is 0 Å². The summed E-state index contributed by atoms with van der Waals surface area (Å²) < 4.78 is 5.08. The van der Waals surface area contributed by atoms with Crippen LogP contribution in [-0.4, -0.2) is 25.2 Å². The Balaban J connectivity index is 2.57. The third kappa shape index (κ3) is 7.86. The van der Waals surface area contributed by atoms with Gasteiger partial charge in [0.2, 0.25) is 0 Å². The molecule has 0 radical (unpaired) electrons. The fourth-order valence-electron chi connectivity index (χ4n) is 2.22. The molecular formula is C18H29NO2. The topological polar surface area (TPSA) is 38.3 Å². The van der Waals surface area contributed by atoms with Crippen molar-refractivity contribution in [2.75, 3.05) is 13.2 Å². The van der Waals surface area contributed by atoms with Gasteiger partial charge in [-0.15, -0.1) is 0 Å². The zero-order chi connectivity index (χ0) is 15.7. The van der Waals surface area contributed by atoms with E-state index in [9.17, 15) is 4.79 Å². The second kappa shape index (κ2) is 9.56. The average molecular weight is 291 g/mol. The van der Waals surface area contributed by atoms with Crippen molar-refractivity contribution in [3.8, 4) is 0 Å². The van der Waals surface area contributed by atoms with Crippen LogP contribution in [0.1, 0.15) is 44.7 Å². The summed E-state index contributed by atoms with van der Waals surface area (Å²) in [5.41, 5.74) is 2.51. The highest BCUT2D eigenvalue weighted by molar-refractivity contribution is 5.70. The molecule has 0 spiro atoms. The lowest BCUT2D eigenvalue weighted by molar-refractivity contribution is -0.143. The fraction of sp³-hybridized carbons (Fsp3) is 0.611. The van der Waals surface area contributed by atoms with Gasteiger partial charge in [-0.3, -0.25) is 4.79 Å². The molecule has 0 fully saturated rings. The molecule has 1 aromatic rings. The number of carbonyl (C=O) groups excluding carboxylic acids is 1. The normalized spacial score (nSPS) is 12.4. The Morgan fingerprint density at radius 2 is 1.90 bits per heavy atom. The Hall–Kier alpha value is -1.35. The summed E-state index contributed by atoms with van der Waals surface area (Å²) in [6.07, 6.45) is 2.41. The average Bonchev–Trinajstić information content (AvgIpc) is 2.41. The number of hydrogen-bond acceptors (Lipinski definition) is 3. The number of ether oxygens (including phenoxy) is 1. The molecule has 0 bridgehead atoms. The fourth-order valence-corrected chi connectivity index (χ4v) is 2.22. The van der Waals surface area contributed by atoms with Crippen LogP contribution in [0.15, 0.2) is 24.3 Å². The summed E-state index contributed by atoms with van der Waals surface area (Å²) >= 11 is 0. The summed E-state index contributed by atoms with van der Waals surface area (Å²) in [4.78, 5) is 11.7. The van der Waals surface area contributed by atoms with Crippen LogP contribution in [-0.2, 0) is 16.0 Å². The van der Waals surface area contributed by atoms with Crippen molar-refractivity contribution in [2.45, 2.75) is 53.0 Å². The quantitative estimate of drug-likeness (QED) is 0.708. The minimum atomic E-state index is -0.119. The van der Waals surface area contributed by atoms with Crippen molar-refractivity contribution >= 4 is 5.97 Å². The monoisotopic (exact) mass is 291 g/mol. The van der Waals surface area contributed by atoms with Crippen LogP contribution in [0.25, 0.3) is 0 Å². The van der Waals surface area contributed by atoms with Crippen LogP contribution in [0.4, 0.5) is 0 Å². The number of aryl methyl sites for hydroxylation is 1. The van der Waals surface area contributed by atoms with E-state index in [1.54, 1.807) is 0 Å². The van der Waals surface area contributed by atoms with Crippen LogP contribution >= 0.6 is 0 Å². The summed E-state index contributed by atoms with van der Waals surface area (Å²) in [6.45, 7) is 9.74. The van der Waals surface area contributed by atoms with Gasteiger partial charge in [-0.2, -0.15) is 0 Å². The van der Waals surface area contributed by atoms with Crippen molar-refractivity contribution in [1.29, 1.82) is 0 Å². The van der Waals surface area contributed by atoms with Crippen LogP contribution < -0.4 is 5.32 Å². The molecular weight excluding hydrogens is 262 g/mol. The molecule has 118 valence electrons. The molecule has 1 N–H and O–H groups in total. The number of rotatable bonds is 9. The number of benzene rings is 1. The zero-order valence-corrected chi connectivity index (χ0v) is 13.8. The minimum absolute atomic E-state index is 0.119. The lowest BCUT2D eigenvalue weighted by atomic mass is 10.0. The second-order valence-electron chi connectivity index (χ2n) is 6.03. The van der Waals surface area contributed by atoms with Gasteiger partial charge in [0.15, 0.2) is 0 Å². The third-order valence-corrected chi connectivity index (χ3v) is 3.48. The lowest BCUT2D eigenvalue weighted by Gasteiger charge is -2.19. The largest absolute Gasteiger partial charge is 0.466 e. The third-order valence-electron chi connectivity index (χ3n) is 3.48. The molecule has 0 amide bonds. The smallest absolute Gasteiger partial charge is 0.307 e. The van der Waals surface area contributed by atoms with E-state index in [0.29, 0.717) is 18.9 Å². The van der Waals surface area contributed by atoms with Crippen LogP contribution in [0.3, 0.4) is 0 Å². The van der Waals surface area contributed by atoms with Crippen LogP contribution in [0, 0.1) is 12.8 Å². The van der Waals surface area contributed by atoms with E-state index in [0.717, 1.165) is 19.4 Å². The number of nitrogens with one attached hydrogen (secondary N) is 1. The molecule has 0 aliphatic carbocycles. The van der Waals surface area contributed by atoms with Gasteiger partial charge in [0, 0.05) is 6.04 Å². The molecule has 1 unspecified atom stereocenters. The van der Waals surface area contributed by atoms with Crippen LogP contribution in [0.5, 0.6) is 0 Å². The maximum Gasteiger partial charge on any atom is 0.307 e. The Kier molecular flexibility index (Phi) is 8.06. The van der Waals surface area contributed by atoms with Crippen molar-refractivity contribution in [3.63, 3.8) is 0 Å². The summed E-state index contributed by atoms with van der Waals surface area (Å²) in [5.74, 6) is 0.548. The van der Waals surface area contributed by atoms with Gasteiger partial charge in [0.25, 0.3) is 0 Å². The molecule has 0 heterocycles. The van der Waals surface area contributed by atoms with E-state index in [4.69, 9.17) is 4.74 Å². The Labute approximate surface area is 129 Å². The van der Waals surface area contributed by atoms with Gasteiger partial charge in [-0.05, 0) is 44.7 Å². The standard InChI is InChI=1S/C18H29NO2/c1-5-21-18(20)13-17(19-11-10-14(2)3)12-16-8-6-15(4)7-9-16/h6-9,14,17,19H,5,10-13H2,1-4H3. The minimum Gasteiger partial charge on any atom is -0.466 e. The predicted molar refractivity (Wildman–Crippen MR) is 87.4 cm³/mol. The molecule has 0 saturated carbocycles. The molecule has 3 nitrogen and oxygen atoms in total. The van der Waals surface area contributed by atoms with Gasteiger partial charge in [0.1, 0.15) is 0 Å². The first-order valence-corrected chi connectivity index (χ1v) is 7.95. The second-order valence-corrected chi connectivity index (χ2v) is 6.03. The highest BCUT2D eigenvalue weighted by Gasteiger charge is 2.15. The molecule has 1 aromatic carbocycles. The van der Waals surface area contributed by atoms with Crippen molar-refractivity contribution in [1.82, 2.24) is 5.32 Å². The van der Waals surface area contributed by atoms with E-state index in [1.807, 2.05) is 6.92 Å². The molecule has 1 atom stereocenters. The highest BCUT2D eigenvalue weighted by atomic mass is 16.5. The van der Waals surface area contributed by atoms with Gasteiger partial charge < -0.3 is 10.1 Å². The molecule has 0 aromatic heterocycles. The molecule has 1 rings (SSSR count). The van der Waals surface area contributed by atoms with E-state index in [1.165, 1.54) is 11.1 Å². The Morgan fingerprint density at radius 1 is 1.24 bits per heavy atom. The maximum atomic E-state index is 11.7. The van der Waals surface area contributed by atoms with E-state index in [2.05, 4.69) is 50.4 Å². The van der Waals surface area contributed by atoms with Gasteiger partial charge in [-0.25, -0.2) is 0 Å². The number of esters is 1. The van der Waals surface area contributed by atoms with Gasteiger partial charge >= 0.3 is 5.97 Å². The first kappa shape index (κ1) is 17.7.